The Bertz CT molecular complexity index is 942. The van der Waals surface area contributed by atoms with Crippen LogP contribution in [0.2, 0.25) is 0 Å². The number of hydrogen-bond acceptors (Lipinski definition) is 3. The molecule has 32 heavy (non-hydrogen) atoms. The molecule has 2 aromatic carbocycles. The molecule has 2 fully saturated rings. The molecule has 0 bridgehead atoms. The molecule has 2 aliphatic heterocycles. The van der Waals surface area contributed by atoms with E-state index in [-0.39, 0.29) is 23.0 Å². The van der Waals surface area contributed by atoms with Crippen LogP contribution in [0.15, 0.2) is 47.5 Å². The Morgan fingerprint density at radius 2 is 1.84 bits per heavy atom. The summed E-state index contributed by atoms with van der Waals surface area (Å²) in [5.74, 6) is -0.732. The van der Waals surface area contributed by atoms with Gasteiger partial charge in [-0.3, -0.25) is 4.99 Å². The van der Waals surface area contributed by atoms with Crippen molar-refractivity contribution in [3.8, 4) is 0 Å². The van der Waals surface area contributed by atoms with Crippen LogP contribution >= 0.6 is 0 Å². The van der Waals surface area contributed by atoms with Gasteiger partial charge in [0.2, 0.25) is 0 Å². The van der Waals surface area contributed by atoms with E-state index in [1.54, 1.807) is 24.1 Å². The maximum Gasteiger partial charge on any atom is 0.191 e. The van der Waals surface area contributed by atoms with Crippen LogP contribution in [0.4, 0.5) is 18.9 Å². The third-order valence-electron chi connectivity index (χ3n) is 6.49. The Labute approximate surface area is 186 Å². The molecule has 8 heteroatoms. The van der Waals surface area contributed by atoms with E-state index in [0.29, 0.717) is 38.8 Å². The summed E-state index contributed by atoms with van der Waals surface area (Å²) in [5.41, 5.74) is 0.716. The van der Waals surface area contributed by atoms with E-state index in [0.717, 1.165) is 24.8 Å². The largest absolute Gasteiger partial charge is 0.381 e. The van der Waals surface area contributed by atoms with Gasteiger partial charge < -0.3 is 20.3 Å². The summed E-state index contributed by atoms with van der Waals surface area (Å²) in [6.07, 6.45) is 2.30. The van der Waals surface area contributed by atoms with Gasteiger partial charge in [0.1, 0.15) is 23.1 Å². The number of para-hydroxylation sites is 1. The van der Waals surface area contributed by atoms with Crippen molar-refractivity contribution < 1.29 is 17.9 Å². The van der Waals surface area contributed by atoms with Gasteiger partial charge in [0.05, 0.1) is 0 Å². The van der Waals surface area contributed by atoms with Gasteiger partial charge >= 0.3 is 0 Å². The van der Waals surface area contributed by atoms with Crippen molar-refractivity contribution in [3.05, 3.63) is 65.5 Å². The number of aliphatic imine (C=N–C) groups is 1. The summed E-state index contributed by atoms with van der Waals surface area (Å²) in [6.45, 7) is 2.85. The average molecular weight is 447 g/mol. The molecule has 0 radical (unpaired) electrons. The van der Waals surface area contributed by atoms with Gasteiger partial charge in [-0.15, -0.1) is 0 Å². The lowest BCUT2D eigenvalue weighted by atomic mass is 9.74. The number of ether oxygens (including phenoxy) is 1. The Morgan fingerprint density at radius 1 is 1.12 bits per heavy atom. The van der Waals surface area contributed by atoms with Crippen molar-refractivity contribution in [2.45, 2.75) is 30.7 Å². The second-order valence-corrected chi connectivity index (χ2v) is 8.48. The number of hydrogen-bond donors (Lipinski definition) is 2. The fraction of sp³-hybridized carbons (Fsp3) is 0.458. The summed E-state index contributed by atoms with van der Waals surface area (Å²) in [7, 11) is 1.69. The molecule has 2 N–H and O–H groups in total. The van der Waals surface area contributed by atoms with Crippen molar-refractivity contribution in [3.63, 3.8) is 0 Å². The zero-order chi connectivity index (χ0) is 22.6. The smallest absolute Gasteiger partial charge is 0.191 e. The Balaban J connectivity index is 1.40. The average Bonchev–Trinajstić information content (AvgIpc) is 3.25. The first-order valence-electron chi connectivity index (χ1n) is 11.0. The van der Waals surface area contributed by atoms with E-state index < -0.39 is 11.6 Å². The molecule has 0 spiro atoms. The minimum atomic E-state index is -0.551. The first-order chi connectivity index (χ1) is 15.5. The van der Waals surface area contributed by atoms with Gasteiger partial charge in [0, 0.05) is 51.4 Å². The third kappa shape index (κ3) is 4.85. The molecule has 2 saturated heterocycles. The van der Waals surface area contributed by atoms with Crippen molar-refractivity contribution in [2.75, 3.05) is 44.8 Å². The maximum absolute atomic E-state index is 14.1. The first-order valence-corrected chi connectivity index (χ1v) is 11.0. The topological polar surface area (TPSA) is 48.9 Å². The Morgan fingerprint density at radius 3 is 2.53 bits per heavy atom. The highest BCUT2D eigenvalue weighted by Crippen LogP contribution is 2.34. The minimum Gasteiger partial charge on any atom is -0.381 e. The summed E-state index contributed by atoms with van der Waals surface area (Å²) in [4.78, 5) is 6.06. The fourth-order valence-electron chi connectivity index (χ4n) is 4.66. The number of nitrogens with zero attached hydrogens (tertiary/aromatic N) is 2. The van der Waals surface area contributed by atoms with Gasteiger partial charge in [-0.1, -0.05) is 18.2 Å². The van der Waals surface area contributed by atoms with Crippen molar-refractivity contribution >= 4 is 11.6 Å². The molecule has 0 saturated carbocycles. The second-order valence-electron chi connectivity index (χ2n) is 8.48. The Hall–Kier alpha value is -2.74. The third-order valence-corrected chi connectivity index (χ3v) is 6.49. The molecular formula is C24H29F3N4O. The predicted molar refractivity (Wildman–Crippen MR) is 120 cm³/mol. The van der Waals surface area contributed by atoms with Gasteiger partial charge in [-0.25, -0.2) is 13.2 Å². The number of benzene rings is 2. The molecule has 4 rings (SSSR count). The summed E-state index contributed by atoms with van der Waals surface area (Å²) < 4.78 is 47.8. The second kappa shape index (κ2) is 9.81. The standard InChI is InChI=1S/C24H29F3N4O/c1-28-23(30-19-8-11-31(15-19)22-20(26)6-3-7-21(22)27)29-16-24(9-12-32-13-10-24)17-4-2-5-18(25)14-17/h2-7,14,19H,8-13,15-16H2,1H3,(H2,28,29,30). The van der Waals surface area contributed by atoms with Crippen LogP contribution in [0.3, 0.4) is 0 Å². The normalized spacial score (nSPS) is 20.9. The van der Waals surface area contributed by atoms with Crippen LogP contribution in [0.1, 0.15) is 24.8 Å². The van der Waals surface area contributed by atoms with E-state index in [9.17, 15) is 13.2 Å². The molecule has 5 nitrogen and oxygen atoms in total. The predicted octanol–water partition coefficient (Wildman–Crippen LogP) is 3.60. The molecule has 2 heterocycles. The minimum absolute atomic E-state index is 0.0000139. The zero-order valence-electron chi connectivity index (χ0n) is 18.2. The van der Waals surface area contributed by atoms with E-state index in [4.69, 9.17) is 4.74 Å². The van der Waals surface area contributed by atoms with Crippen molar-refractivity contribution in [1.29, 1.82) is 0 Å². The molecule has 172 valence electrons. The molecule has 0 aromatic heterocycles. The molecular weight excluding hydrogens is 417 g/mol. The van der Waals surface area contributed by atoms with Crippen LogP contribution in [0.25, 0.3) is 0 Å². The summed E-state index contributed by atoms with van der Waals surface area (Å²) >= 11 is 0. The highest BCUT2D eigenvalue weighted by Gasteiger charge is 2.35. The number of anilines is 1. The SMILES string of the molecule is CN=C(NCC1(c2cccc(F)c2)CCOCC1)NC1CCN(c2c(F)cccc2F)C1. The number of guanidine groups is 1. The molecule has 0 aliphatic carbocycles. The maximum atomic E-state index is 14.1. The van der Waals surface area contributed by atoms with E-state index in [1.165, 1.54) is 24.3 Å². The first kappa shape index (κ1) is 22.5. The summed E-state index contributed by atoms with van der Waals surface area (Å²) in [6, 6.07) is 10.7. The lowest BCUT2D eigenvalue weighted by molar-refractivity contribution is 0.0512. The molecule has 2 aliphatic rings. The quantitative estimate of drug-likeness (QED) is 0.545. The van der Waals surface area contributed by atoms with Crippen LogP contribution in [0, 0.1) is 17.5 Å². The van der Waals surface area contributed by atoms with Crippen LogP contribution in [0.5, 0.6) is 0 Å². The lowest BCUT2D eigenvalue weighted by Gasteiger charge is -2.38. The number of nitrogens with one attached hydrogen (secondary N) is 2. The number of rotatable bonds is 5. The van der Waals surface area contributed by atoms with Gasteiger partial charge in [-0.2, -0.15) is 0 Å². The summed E-state index contributed by atoms with van der Waals surface area (Å²) in [5, 5.41) is 6.77. The highest BCUT2D eigenvalue weighted by molar-refractivity contribution is 5.80. The van der Waals surface area contributed by atoms with E-state index in [1.807, 2.05) is 6.07 Å². The number of halogens is 3. The van der Waals surface area contributed by atoms with Crippen molar-refractivity contribution in [2.24, 2.45) is 4.99 Å². The van der Waals surface area contributed by atoms with Gasteiger partial charge in [0.25, 0.3) is 0 Å². The van der Waals surface area contributed by atoms with Gasteiger partial charge in [-0.05, 0) is 49.1 Å². The lowest BCUT2D eigenvalue weighted by Crippen LogP contribution is -2.50. The van der Waals surface area contributed by atoms with Crippen molar-refractivity contribution in [1.82, 2.24) is 10.6 Å². The molecule has 2 aromatic rings. The van der Waals surface area contributed by atoms with Crippen LogP contribution in [-0.4, -0.2) is 51.9 Å². The zero-order valence-corrected chi connectivity index (χ0v) is 18.2. The molecule has 1 unspecified atom stereocenters. The highest BCUT2D eigenvalue weighted by atomic mass is 19.1. The van der Waals surface area contributed by atoms with Crippen LogP contribution in [-0.2, 0) is 10.2 Å². The Kier molecular flexibility index (Phi) is 6.89. The van der Waals surface area contributed by atoms with E-state index in [2.05, 4.69) is 15.6 Å². The monoisotopic (exact) mass is 446 g/mol. The molecule has 1 atom stereocenters. The fourth-order valence-corrected chi connectivity index (χ4v) is 4.66. The molecule has 0 amide bonds. The van der Waals surface area contributed by atoms with E-state index >= 15 is 0 Å². The van der Waals surface area contributed by atoms with Gasteiger partial charge in [0.15, 0.2) is 5.96 Å². The van der Waals surface area contributed by atoms with Crippen LogP contribution < -0.4 is 15.5 Å².